The Labute approximate surface area is 111 Å². The number of carbonyl (C=O) groups is 1. The van der Waals surface area contributed by atoms with E-state index in [0.29, 0.717) is 12.1 Å². The lowest BCUT2D eigenvalue weighted by Gasteiger charge is -2.23. The summed E-state index contributed by atoms with van der Waals surface area (Å²) in [6.07, 6.45) is 4.81. The zero-order valence-corrected chi connectivity index (χ0v) is 10.7. The van der Waals surface area contributed by atoms with Crippen LogP contribution in [0.3, 0.4) is 0 Å². The Kier molecular flexibility index (Phi) is 3.32. The first-order valence-electron chi connectivity index (χ1n) is 6.85. The number of carbonyl (C=O) groups excluding carboxylic acids is 1. The lowest BCUT2D eigenvalue weighted by atomic mass is 9.92. The van der Waals surface area contributed by atoms with E-state index >= 15 is 0 Å². The summed E-state index contributed by atoms with van der Waals surface area (Å²) >= 11 is 0. The molecule has 0 unspecified atom stereocenters. The van der Waals surface area contributed by atoms with E-state index in [1.54, 1.807) is 12.1 Å². The van der Waals surface area contributed by atoms with E-state index in [0.717, 1.165) is 18.7 Å². The molecule has 0 radical (unpaired) electrons. The molecule has 2 atom stereocenters. The van der Waals surface area contributed by atoms with Crippen molar-refractivity contribution in [1.82, 2.24) is 5.32 Å². The minimum Gasteiger partial charge on any atom is -0.369 e. The molecule has 0 saturated heterocycles. The third-order valence-electron chi connectivity index (χ3n) is 3.91. The Morgan fingerprint density at radius 2 is 2.11 bits per heavy atom. The molecule has 0 spiro atoms. The molecule has 1 aromatic carbocycles. The van der Waals surface area contributed by atoms with Crippen LogP contribution in [0.15, 0.2) is 29.3 Å². The van der Waals surface area contributed by atoms with Crippen molar-refractivity contribution in [2.45, 2.75) is 44.2 Å². The van der Waals surface area contributed by atoms with E-state index in [-0.39, 0.29) is 17.8 Å². The fourth-order valence-corrected chi connectivity index (χ4v) is 2.92. The average Bonchev–Trinajstić information content (AvgIpc) is 2.81. The van der Waals surface area contributed by atoms with Gasteiger partial charge in [0.05, 0.1) is 18.0 Å². The Hall–Kier alpha value is -1.71. The summed E-state index contributed by atoms with van der Waals surface area (Å²) < 4.78 is 13.5. The summed E-state index contributed by atoms with van der Waals surface area (Å²) in [5, 5.41) is 3.32. The van der Waals surface area contributed by atoms with E-state index in [1.807, 2.05) is 0 Å². The second kappa shape index (κ2) is 5.11. The van der Waals surface area contributed by atoms with Crippen molar-refractivity contribution in [3.63, 3.8) is 0 Å². The van der Waals surface area contributed by atoms with Gasteiger partial charge in [0.2, 0.25) is 0 Å². The van der Waals surface area contributed by atoms with Gasteiger partial charge in [0.15, 0.2) is 5.78 Å². The highest BCUT2D eigenvalue weighted by Crippen LogP contribution is 2.25. The number of amidine groups is 1. The Morgan fingerprint density at radius 3 is 2.89 bits per heavy atom. The summed E-state index contributed by atoms with van der Waals surface area (Å²) in [7, 11) is 0. The van der Waals surface area contributed by atoms with Crippen molar-refractivity contribution < 1.29 is 9.18 Å². The second-order valence-corrected chi connectivity index (χ2v) is 5.26. The van der Waals surface area contributed by atoms with Gasteiger partial charge in [-0.25, -0.2) is 4.39 Å². The van der Waals surface area contributed by atoms with Gasteiger partial charge in [-0.1, -0.05) is 25.0 Å². The number of nitrogens with zero attached hydrogens (tertiary/aromatic N) is 1. The summed E-state index contributed by atoms with van der Waals surface area (Å²) in [5.41, 5.74) is 0.155. The molecule has 2 aliphatic rings. The first-order chi connectivity index (χ1) is 9.24. The van der Waals surface area contributed by atoms with Crippen LogP contribution in [0.5, 0.6) is 0 Å². The molecule has 0 aromatic heterocycles. The van der Waals surface area contributed by atoms with E-state index in [4.69, 9.17) is 0 Å². The van der Waals surface area contributed by atoms with Gasteiger partial charge in [0, 0.05) is 6.04 Å². The maximum Gasteiger partial charge on any atom is 0.173 e. The van der Waals surface area contributed by atoms with Gasteiger partial charge in [-0.3, -0.25) is 9.79 Å². The Bertz CT molecular complexity index is 527. The predicted octanol–water partition coefficient (Wildman–Crippen LogP) is 2.71. The molecule has 1 saturated carbocycles. The number of halogens is 1. The lowest BCUT2D eigenvalue weighted by molar-refractivity contribution is 0.0996. The molecule has 3 rings (SSSR count). The van der Waals surface area contributed by atoms with E-state index in [9.17, 15) is 9.18 Å². The van der Waals surface area contributed by atoms with E-state index in [1.165, 1.54) is 25.0 Å². The molecule has 0 amide bonds. The summed E-state index contributed by atoms with van der Waals surface area (Å²) in [6.45, 7) is 0. The molecule has 100 valence electrons. The monoisotopic (exact) mass is 260 g/mol. The van der Waals surface area contributed by atoms with Crippen molar-refractivity contribution in [2.24, 2.45) is 4.99 Å². The van der Waals surface area contributed by atoms with Crippen LogP contribution in [0.25, 0.3) is 0 Å². The molecule has 19 heavy (non-hydrogen) atoms. The van der Waals surface area contributed by atoms with Crippen molar-refractivity contribution >= 4 is 11.6 Å². The molecule has 1 N–H and O–H groups in total. The number of hydrogen-bond acceptors (Lipinski definition) is 3. The molecule has 1 heterocycles. The Balaban J connectivity index is 1.69. The van der Waals surface area contributed by atoms with Gasteiger partial charge < -0.3 is 5.32 Å². The van der Waals surface area contributed by atoms with Gasteiger partial charge in [-0.05, 0) is 25.0 Å². The zero-order valence-electron chi connectivity index (χ0n) is 10.7. The van der Waals surface area contributed by atoms with Gasteiger partial charge in [0.1, 0.15) is 11.7 Å². The summed E-state index contributed by atoms with van der Waals surface area (Å²) in [5.74, 6) is 0.0664. The molecule has 0 bridgehead atoms. The first kappa shape index (κ1) is 12.3. The Morgan fingerprint density at radius 1 is 1.32 bits per heavy atom. The van der Waals surface area contributed by atoms with E-state index in [2.05, 4.69) is 10.3 Å². The molecule has 4 heteroatoms. The van der Waals surface area contributed by atoms with Crippen LogP contribution in [0.2, 0.25) is 0 Å². The normalized spacial score (nSPS) is 25.4. The summed E-state index contributed by atoms with van der Waals surface area (Å²) in [6, 6.07) is 6.82. The van der Waals surface area contributed by atoms with Crippen LogP contribution >= 0.6 is 0 Å². The number of nitrogens with one attached hydrogen (secondary N) is 1. The van der Waals surface area contributed by atoms with Crippen molar-refractivity contribution in [2.75, 3.05) is 0 Å². The molecular weight excluding hydrogens is 243 g/mol. The largest absolute Gasteiger partial charge is 0.369 e. The fraction of sp³-hybridized carbons (Fsp3) is 0.467. The maximum atomic E-state index is 13.5. The third-order valence-corrected chi connectivity index (χ3v) is 3.91. The number of benzene rings is 1. The average molecular weight is 260 g/mol. The predicted molar refractivity (Wildman–Crippen MR) is 72.0 cm³/mol. The van der Waals surface area contributed by atoms with Gasteiger partial charge in [-0.2, -0.15) is 0 Å². The number of rotatable bonds is 3. The SMILES string of the molecule is O=C(CC1=N[C@H]2CCCC[C@@H]2N1)c1ccccc1F. The minimum absolute atomic E-state index is 0.155. The molecule has 3 nitrogen and oxygen atoms in total. The molecular formula is C15H17FN2O. The number of hydrogen-bond donors (Lipinski definition) is 1. The van der Waals surface area contributed by atoms with Crippen LogP contribution in [0.4, 0.5) is 4.39 Å². The second-order valence-electron chi connectivity index (χ2n) is 5.26. The quantitative estimate of drug-likeness (QED) is 0.849. The van der Waals surface area contributed by atoms with Crippen molar-refractivity contribution in [3.05, 3.63) is 35.6 Å². The molecule has 1 aliphatic carbocycles. The van der Waals surface area contributed by atoms with Gasteiger partial charge in [-0.15, -0.1) is 0 Å². The van der Waals surface area contributed by atoms with Crippen molar-refractivity contribution in [1.29, 1.82) is 0 Å². The first-order valence-corrected chi connectivity index (χ1v) is 6.85. The van der Waals surface area contributed by atoms with Crippen LogP contribution in [0, 0.1) is 5.82 Å². The highest BCUT2D eigenvalue weighted by molar-refractivity contribution is 6.09. The summed E-state index contributed by atoms with van der Waals surface area (Å²) in [4.78, 5) is 16.6. The third kappa shape index (κ3) is 2.53. The van der Waals surface area contributed by atoms with Gasteiger partial charge in [0.25, 0.3) is 0 Å². The molecule has 1 aromatic rings. The minimum atomic E-state index is -0.455. The molecule has 1 fully saturated rings. The highest BCUT2D eigenvalue weighted by atomic mass is 19.1. The topological polar surface area (TPSA) is 41.5 Å². The van der Waals surface area contributed by atoms with Crippen LogP contribution in [0.1, 0.15) is 42.5 Å². The zero-order chi connectivity index (χ0) is 13.2. The fourth-order valence-electron chi connectivity index (χ4n) is 2.92. The van der Waals surface area contributed by atoms with Crippen LogP contribution < -0.4 is 5.32 Å². The van der Waals surface area contributed by atoms with Crippen LogP contribution in [-0.4, -0.2) is 23.7 Å². The smallest absolute Gasteiger partial charge is 0.173 e. The number of Topliss-reactive ketones (excluding diaryl/α,β-unsaturated/α-hetero) is 1. The molecule has 1 aliphatic heterocycles. The van der Waals surface area contributed by atoms with Crippen molar-refractivity contribution in [3.8, 4) is 0 Å². The lowest BCUT2D eigenvalue weighted by Crippen LogP contribution is -2.37. The standard InChI is InChI=1S/C15H17FN2O/c16-11-6-2-1-5-10(11)14(19)9-15-17-12-7-3-4-8-13(12)18-15/h1-2,5-6,12-13H,3-4,7-9H2,(H,17,18)/t12-,13-/m0/s1. The van der Waals surface area contributed by atoms with Gasteiger partial charge >= 0.3 is 0 Å². The maximum absolute atomic E-state index is 13.5. The number of ketones is 1. The number of fused-ring (bicyclic) bond motifs is 1. The van der Waals surface area contributed by atoms with E-state index < -0.39 is 5.82 Å². The highest BCUT2D eigenvalue weighted by Gasteiger charge is 2.31. The van der Waals surface area contributed by atoms with Crippen LogP contribution in [-0.2, 0) is 0 Å². The number of aliphatic imine (C=N–C) groups is 1.